The molecule has 9 nitrogen and oxygen atoms in total. The number of urea groups is 1. The van der Waals surface area contributed by atoms with Crippen molar-refractivity contribution in [3.8, 4) is 6.07 Å². The SMILES string of the molecule is CC(C)(CCC(=O)NC1(C#N)CCN(C(=O)NCc2cccnc2)CC1)C(N)=O. The predicted molar refractivity (Wildman–Crippen MR) is 106 cm³/mol. The van der Waals surface area contributed by atoms with Crippen LogP contribution in [0.25, 0.3) is 0 Å². The van der Waals surface area contributed by atoms with Crippen molar-refractivity contribution in [2.45, 2.75) is 51.6 Å². The molecule has 1 fully saturated rings. The van der Waals surface area contributed by atoms with E-state index in [0.29, 0.717) is 38.9 Å². The molecule has 1 aliphatic heterocycles. The van der Waals surface area contributed by atoms with Crippen LogP contribution < -0.4 is 16.4 Å². The van der Waals surface area contributed by atoms with E-state index in [-0.39, 0.29) is 18.4 Å². The van der Waals surface area contributed by atoms with Gasteiger partial charge in [0.15, 0.2) is 0 Å². The number of carbonyl (C=O) groups excluding carboxylic acids is 3. The maximum Gasteiger partial charge on any atom is 0.317 e. The van der Waals surface area contributed by atoms with Crippen LogP contribution in [0.2, 0.25) is 0 Å². The van der Waals surface area contributed by atoms with Crippen molar-refractivity contribution in [3.05, 3.63) is 30.1 Å². The number of primary amides is 1. The second-order valence-corrected chi connectivity index (χ2v) is 8.00. The molecule has 0 aromatic carbocycles. The lowest BCUT2D eigenvalue weighted by Crippen LogP contribution is -2.56. The Hall–Kier alpha value is -3.15. The van der Waals surface area contributed by atoms with Gasteiger partial charge in [-0.2, -0.15) is 5.26 Å². The van der Waals surface area contributed by atoms with Gasteiger partial charge in [-0.05, 0) is 18.1 Å². The van der Waals surface area contributed by atoms with E-state index in [0.717, 1.165) is 5.56 Å². The molecule has 1 aromatic heterocycles. The normalized spacial score (nSPS) is 15.8. The summed E-state index contributed by atoms with van der Waals surface area (Å²) < 4.78 is 0. The average Bonchev–Trinajstić information content (AvgIpc) is 2.71. The summed E-state index contributed by atoms with van der Waals surface area (Å²) >= 11 is 0. The van der Waals surface area contributed by atoms with Gasteiger partial charge in [-0.3, -0.25) is 14.6 Å². The molecule has 156 valence electrons. The van der Waals surface area contributed by atoms with Crippen LogP contribution >= 0.6 is 0 Å². The fraction of sp³-hybridized carbons (Fsp3) is 0.550. The summed E-state index contributed by atoms with van der Waals surface area (Å²) in [7, 11) is 0. The van der Waals surface area contributed by atoms with Crippen molar-refractivity contribution in [3.63, 3.8) is 0 Å². The van der Waals surface area contributed by atoms with Gasteiger partial charge in [0.1, 0.15) is 5.54 Å². The van der Waals surface area contributed by atoms with Crippen LogP contribution in [0.15, 0.2) is 24.5 Å². The number of hydrogen-bond donors (Lipinski definition) is 3. The first-order chi connectivity index (χ1) is 13.7. The maximum absolute atomic E-state index is 12.4. The van der Waals surface area contributed by atoms with E-state index in [1.54, 1.807) is 37.2 Å². The Kier molecular flexibility index (Phi) is 7.15. The maximum atomic E-state index is 12.4. The predicted octanol–water partition coefficient (Wildman–Crippen LogP) is 1.06. The van der Waals surface area contributed by atoms with Crippen LogP contribution in [0.1, 0.15) is 45.1 Å². The van der Waals surface area contributed by atoms with Crippen molar-refractivity contribution in [1.29, 1.82) is 5.26 Å². The summed E-state index contributed by atoms with van der Waals surface area (Å²) in [6, 6.07) is 5.66. The van der Waals surface area contributed by atoms with Crippen LogP contribution in [0.5, 0.6) is 0 Å². The molecule has 29 heavy (non-hydrogen) atoms. The Balaban J connectivity index is 1.82. The molecule has 1 aromatic rings. The second kappa shape index (κ2) is 9.37. The number of hydrogen-bond acceptors (Lipinski definition) is 5. The Bertz CT molecular complexity index is 779. The van der Waals surface area contributed by atoms with E-state index < -0.39 is 16.9 Å². The highest BCUT2D eigenvalue weighted by Crippen LogP contribution is 2.24. The van der Waals surface area contributed by atoms with Crippen molar-refractivity contribution >= 4 is 17.8 Å². The van der Waals surface area contributed by atoms with E-state index in [4.69, 9.17) is 5.73 Å². The molecule has 0 spiro atoms. The highest BCUT2D eigenvalue weighted by molar-refractivity contribution is 5.82. The average molecular weight is 400 g/mol. The fourth-order valence-corrected chi connectivity index (χ4v) is 3.03. The number of nitrogens with zero attached hydrogens (tertiary/aromatic N) is 3. The number of likely N-dealkylation sites (tertiary alicyclic amines) is 1. The zero-order chi connectivity index (χ0) is 21.5. The van der Waals surface area contributed by atoms with Gasteiger partial charge in [0.25, 0.3) is 0 Å². The number of nitrogens with two attached hydrogens (primary N) is 1. The zero-order valence-corrected chi connectivity index (χ0v) is 16.9. The van der Waals surface area contributed by atoms with Crippen molar-refractivity contribution in [2.24, 2.45) is 11.1 Å². The van der Waals surface area contributed by atoms with E-state index in [9.17, 15) is 19.6 Å². The molecule has 4 N–H and O–H groups in total. The minimum atomic E-state index is -1.01. The summed E-state index contributed by atoms with van der Waals surface area (Å²) in [6.45, 7) is 4.47. The molecular formula is C20H28N6O3. The quantitative estimate of drug-likeness (QED) is 0.627. The number of pyridine rings is 1. The van der Waals surface area contributed by atoms with E-state index in [1.165, 1.54) is 0 Å². The summed E-state index contributed by atoms with van der Waals surface area (Å²) in [5.74, 6) is -0.763. The van der Waals surface area contributed by atoms with Crippen LogP contribution in [-0.4, -0.2) is 46.4 Å². The smallest absolute Gasteiger partial charge is 0.317 e. The number of piperidine rings is 1. The second-order valence-electron chi connectivity index (χ2n) is 8.00. The first-order valence-corrected chi connectivity index (χ1v) is 9.61. The van der Waals surface area contributed by atoms with Gasteiger partial charge in [0.05, 0.1) is 6.07 Å². The summed E-state index contributed by atoms with van der Waals surface area (Å²) in [5, 5.41) is 15.2. The third-order valence-electron chi connectivity index (χ3n) is 5.31. The van der Waals surface area contributed by atoms with E-state index in [1.807, 2.05) is 6.07 Å². The van der Waals surface area contributed by atoms with Crippen LogP contribution in [-0.2, 0) is 16.1 Å². The molecule has 4 amide bonds. The number of rotatable bonds is 7. The Morgan fingerprint density at radius 3 is 2.59 bits per heavy atom. The Morgan fingerprint density at radius 2 is 2.03 bits per heavy atom. The topological polar surface area (TPSA) is 141 Å². The van der Waals surface area contributed by atoms with Gasteiger partial charge < -0.3 is 21.3 Å². The first kappa shape index (κ1) is 22.1. The minimum absolute atomic E-state index is 0.106. The third kappa shape index (κ3) is 6.17. The lowest BCUT2D eigenvalue weighted by atomic mass is 9.86. The van der Waals surface area contributed by atoms with Crippen molar-refractivity contribution < 1.29 is 14.4 Å². The molecule has 0 aliphatic carbocycles. The van der Waals surface area contributed by atoms with Gasteiger partial charge in [-0.25, -0.2) is 4.79 Å². The molecule has 1 aliphatic rings. The van der Waals surface area contributed by atoms with Gasteiger partial charge >= 0.3 is 6.03 Å². The number of nitrogens with one attached hydrogen (secondary N) is 2. The van der Waals surface area contributed by atoms with Gasteiger partial charge in [-0.1, -0.05) is 19.9 Å². The molecule has 0 unspecified atom stereocenters. The number of aromatic nitrogens is 1. The molecule has 0 bridgehead atoms. The summed E-state index contributed by atoms with van der Waals surface area (Å²) in [4.78, 5) is 41.7. The standard InChI is InChI=1S/C20H28N6O3/c1-19(2,17(22)28)6-5-16(27)25-20(14-21)7-10-26(11-8-20)18(29)24-13-15-4-3-9-23-12-15/h3-4,9,12H,5-8,10-11,13H2,1-2H3,(H2,22,28)(H,24,29)(H,25,27). The Morgan fingerprint density at radius 1 is 1.34 bits per heavy atom. The van der Waals surface area contributed by atoms with Gasteiger partial charge in [0.2, 0.25) is 11.8 Å². The highest BCUT2D eigenvalue weighted by atomic mass is 16.2. The van der Waals surface area contributed by atoms with E-state index in [2.05, 4.69) is 21.7 Å². The van der Waals surface area contributed by atoms with Crippen molar-refractivity contribution in [2.75, 3.05) is 13.1 Å². The number of nitriles is 1. The zero-order valence-electron chi connectivity index (χ0n) is 16.9. The van der Waals surface area contributed by atoms with Crippen molar-refractivity contribution in [1.82, 2.24) is 20.5 Å². The molecule has 0 saturated carbocycles. The molecule has 0 radical (unpaired) electrons. The lowest BCUT2D eigenvalue weighted by molar-refractivity contribution is -0.127. The third-order valence-corrected chi connectivity index (χ3v) is 5.31. The van der Waals surface area contributed by atoms with Crippen LogP contribution in [0.3, 0.4) is 0 Å². The van der Waals surface area contributed by atoms with Crippen LogP contribution in [0.4, 0.5) is 4.79 Å². The molecule has 0 atom stereocenters. The van der Waals surface area contributed by atoms with Gasteiger partial charge in [0, 0.05) is 56.7 Å². The highest BCUT2D eigenvalue weighted by Gasteiger charge is 2.38. The lowest BCUT2D eigenvalue weighted by Gasteiger charge is -2.37. The van der Waals surface area contributed by atoms with Gasteiger partial charge in [-0.15, -0.1) is 0 Å². The largest absolute Gasteiger partial charge is 0.369 e. The molecule has 2 heterocycles. The molecular weight excluding hydrogens is 372 g/mol. The monoisotopic (exact) mass is 400 g/mol. The molecule has 1 saturated heterocycles. The summed E-state index contributed by atoms with van der Waals surface area (Å²) in [6.07, 6.45) is 4.45. The first-order valence-electron chi connectivity index (χ1n) is 9.61. The van der Waals surface area contributed by atoms with E-state index >= 15 is 0 Å². The molecule has 9 heteroatoms. The summed E-state index contributed by atoms with van der Waals surface area (Å²) in [5.41, 5.74) is 4.44. The minimum Gasteiger partial charge on any atom is -0.369 e. The fourth-order valence-electron chi connectivity index (χ4n) is 3.03. The number of amides is 4. The van der Waals surface area contributed by atoms with Crippen LogP contribution in [0, 0.1) is 16.7 Å². The Labute approximate surface area is 170 Å². The molecule has 2 rings (SSSR count). The number of carbonyl (C=O) groups is 3.